The topological polar surface area (TPSA) is 74.2 Å². The van der Waals surface area contributed by atoms with Crippen LogP contribution in [0.5, 0.6) is 0 Å². The molecule has 7 nitrogen and oxygen atoms in total. The molecule has 1 aromatic carbocycles. The van der Waals surface area contributed by atoms with Gasteiger partial charge in [0.2, 0.25) is 11.0 Å². The lowest BCUT2D eigenvalue weighted by Crippen LogP contribution is -2.48. The summed E-state index contributed by atoms with van der Waals surface area (Å²) in [5.41, 5.74) is 2.03. The molecule has 0 unspecified atom stereocenters. The highest BCUT2D eigenvalue weighted by Crippen LogP contribution is 2.28. The van der Waals surface area contributed by atoms with E-state index in [1.165, 1.54) is 11.3 Å². The van der Waals surface area contributed by atoms with Crippen molar-refractivity contribution in [2.45, 2.75) is 13.3 Å². The van der Waals surface area contributed by atoms with Gasteiger partial charge in [-0.15, -0.1) is 21.5 Å². The van der Waals surface area contributed by atoms with Crippen LogP contribution in [-0.2, 0) is 11.2 Å². The average Bonchev–Trinajstić information content (AvgIpc) is 3.39. The molecule has 1 aliphatic rings. The lowest BCUT2D eigenvalue weighted by Gasteiger charge is -2.34. The molecule has 1 amide bonds. The summed E-state index contributed by atoms with van der Waals surface area (Å²) in [6, 6.07) is 7.73. The van der Waals surface area contributed by atoms with Crippen molar-refractivity contribution in [2.75, 3.05) is 42.9 Å². The number of halogens is 1. The van der Waals surface area contributed by atoms with Crippen LogP contribution in [0.2, 0.25) is 5.02 Å². The minimum atomic E-state index is -0.0449. The van der Waals surface area contributed by atoms with Crippen LogP contribution in [-0.4, -0.2) is 58.7 Å². The molecule has 3 aromatic rings. The Balaban J connectivity index is 1.28. The van der Waals surface area contributed by atoms with Crippen LogP contribution >= 0.6 is 34.3 Å². The first-order valence-electron chi connectivity index (χ1n) is 9.41. The second kappa shape index (κ2) is 9.17. The molecule has 29 heavy (non-hydrogen) atoms. The van der Waals surface area contributed by atoms with Gasteiger partial charge in [-0.3, -0.25) is 15.0 Å². The first kappa shape index (κ1) is 20.2. The molecule has 0 radical (unpaired) electrons. The van der Waals surface area contributed by atoms with E-state index in [2.05, 4.69) is 30.7 Å². The Morgan fingerprint density at radius 1 is 1.17 bits per heavy atom. The summed E-state index contributed by atoms with van der Waals surface area (Å²) in [4.78, 5) is 21.5. The van der Waals surface area contributed by atoms with Gasteiger partial charge in [-0.25, -0.2) is 4.98 Å². The standard InChI is InChI=1S/C19H21ClN6OS2/c1-2-17-23-24-18(29-17)22-16(27)11-25-7-9-26(10-8-25)19-21-15(12-28-19)13-3-5-14(20)6-4-13/h3-6,12H,2,7-11H2,1H3,(H,22,24,27). The number of piperazine rings is 1. The largest absolute Gasteiger partial charge is 0.346 e. The molecule has 1 fully saturated rings. The van der Waals surface area contributed by atoms with E-state index in [1.54, 1.807) is 11.3 Å². The third kappa shape index (κ3) is 5.11. The Labute approximate surface area is 182 Å². The third-order valence-electron chi connectivity index (χ3n) is 4.66. The minimum absolute atomic E-state index is 0.0449. The number of nitrogens with zero attached hydrogens (tertiary/aromatic N) is 5. The Bertz CT molecular complexity index is 965. The maximum Gasteiger partial charge on any atom is 0.240 e. The van der Waals surface area contributed by atoms with Crippen molar-refractivity contribution in [3.8, 4) is 11.3 Å². The van der Waals surface area contributed by atoms with Crippen LogP contribution in [0.4, 0.5) is 10.3 Å². The van der Waals surface area contributed by atoms with Crippen LogP contribution in [0, 0.1) is 0 Å². The molecule has 1 N–H and O–H groups in total. The van der Waals surface area contributed by atoms with Crippen molar-refractivity contribution in [3.05, 3.63) is 39.7 Å². The molecule has 2 aromatic heterocycles. The average molecular weight is 449 g/mol. The number of carbonyl (C=O) groups excluding carboxylic acids is 1. The van der Waals surface area contributed by atoms with Gasteiger partial charge in [-0.2, -0.15) is 0 Å². The first-order valence-corrected chi connectivity index (χ1v) is 11.5. The molecule has 1 saturated heterocycles. The van der Waals surface area contributed by atoms with E-state index >= 15 is 0 Å². The quantitative estimate of drug-likeness (QED) is 0.620. The number of aryl methyl sites for hydroxylation is 1. The smallest absolute Gasteiger partial charge is 0.240 e. The maximum atomic E-state index is 12.3. The Morgan fingerprint density at radius 2 is 1.93 bits per heavy atom. The van der Waals surface area contributed by atoms with Gasteiger partial charge in [0, 0.05) is 42.1 Å². The fourth-order valence-corrected chi connectivity index (χ4v) is 4.78. The monoisotopic (exact) mass is 448 g/mol. The summed E-state index contributed by atoms with van der Waals surface area (Å²) < 4.78 is 0. The number of rotatable bonds is 6. The van der Waals surface area contributed by atoms with Gasteiger partial charge in [-0.05, 0) is 18.6 Å². The van der Waals surface area contributed by atoms with E-state index in [0.29, 0.717) is 11.7 Å². The van der Waals surface area contributed by atoms with Crippen molar-refractivity contribution in [3.63, 3.8) is 0 Å². The van der Waals surface area contributed by atoms with Crippen LogP contribution < -0.4 is 10.2 Å². The number of hydrogen-bond donors (Lipinski definition) is 1. The first-order chi connectivity index (χ1) is 14.1. The summed E-state index contributed by atoms with van der Waals surface area (Å²) in [5.74, 6) is -0.0449. The molecule has 0 aliphatic carbocycles. The van der Waals surface area contributed by atoms with E-state index in [4.69, 9.17) is 16.6 Å². The molecular formula is C19H21ClN6OS2. The SMILES string of the molecule is CCc1nnc(NC(=O)CN2CCN(c3nc(-c4ccc(Cl)cc4)cs3)CC2)s1. The van der Waals surface area contributed by atoms with Crippen molar-refractivity contribution in [1.29, 1.82) is 0 Å². The maximum absolute atomic E-state index is 12.3. The van der Waals surface area contributed by atoms with Crippen molar-refractivity contribution in [2.24, 2.45) is 0 Å². The fraction of sp³-hybridized carbons (Fsp3) is 0.368. The predicted octanol–water partition coefficient (Wildman–Crippen LogP) is 3.64. The summed E-state index contributed by atoms with van der Waals surface area (Å²) in [6.45, 7) is 5.72. The molecule has 4 rings (SSSR count). The minimum Gasteiger partial charge on any atom is -0.346 e. The second-order valence-corrected chi connectivity index (χ2v) is 9.02. The van der Waals surface area contributed by atoms with Gasteiger partial charge < -0.3 is 4.90 Å². The lowest BCUT2D eigenvalue weighted by molar-refractivity contribution is -0.117. The van der Waals surface area contributed by atoms with Crippen molar-refractivity contribution < 1.29 is 4.79 Å². The molecule has 0 bridgehead atoms. The van der Waals surface area contributed by atoms with Gasteiger partial charge in [0.1, 0.15) is 5.01 Å². The predicted molar refractivity (Wildman–Crippen MR) is 119 cm³/mol. The number of benzene rings is 1. The van der Waals surface area contributed by atoms with E-state index in [9.17, 15) is 4.79 Å². The number of hydrogen-bond acceptors (Lipinski definition) is 8. The van der Waals surface area contributed by atoms with Crippen molar-refractivity contribution >= 4 is 50.4 Å². The molecule has 0 atom stereocenters. The highest BCUT2D eigenvalue weighted by Gasteiger charge is 2.21. The number of amides is 1. The zero-order chi connectivity index (χ0) is 20.2. The summed E-state index contributed by atoms with van der Waals surface area (Å²) in [5, 5.41) is 16.2. The van der Waals surface area contributed by atoms with Gasteiger partial charge in [0.05, 0.1) is 12.2 Å². The highest BCUT2D eigenvalue weighted by atomic mass is 35.5. The zero-order valence-electron chi connectivity index (χ0n) is 16.0. The molecule has 0 spiro atoms. The lowest BCUT2D eigenvalue weighted by atomic mass is 10.2. The van der Waals surface area contributed by atoms with E-state index in [0.717, 1.165) is 59.0 Å². The number of nitrogens with one attached hydrogen (secondary N) is 1. The number of aromatic nitrogens is 3. The van der Waals surface area contributed by atoms with Crippen LogP contribution in [0.15, 0.2) is 29.6 Å². The van der Waals surface area contributed by atoms with E-state index < -0.39 is 0 Å². The fourth-order valence-electron chi connectivity index (χ4n) is 3.07. The molecule has 1 aliphatic heterocycles. The summed E-state index contributed by atoms with van der Waals surface area (Å²) >= 11 is 9.04. The Hall–Kier alpha value is -2.07. The van der Waals surface area contributed by atoms with Gasteiger partial charge >= 0.3 is 0 Å². The van der Waals surface area contributed by atoms with Gasteiger partial charge in [0.15, 0.2) is 5.13 Å². The second-order valence-electron chi connectivity index (χ2n) is 6.69. The van der Waals surface area contributed by atoms with Crippen LogP contribution in [0.25, 0.3) is 11.3 Å². The van der Waals surface area contributed by atoms with Crippen LogP contribution in [0.1, 0.15) is 11.9 Å². The Morgan fingerprint density at radius 3 is 2.62 bits per heavy atom. The Kier molecular flexibility index (Phi) is 6.39. The molecular weight excluding hydrogens is 428 g/mol. The van der Waals surface area contributed by atoms with Gasteiger partial charge in [0.25, 0.3) is 0 Å². The molecule has 3 heterocycles. The van der Waals surface area contributed by atoms with Gasteiger partial charge in [-0.1, -0.05) is 42.0 Å². The normalized spacial score (nSPS) is 14.9. The number of carbonyl (C=O) groups is 1. The molecule has 10 heteroatoms. The zero-order valence-corrected chi connectivity index (χ0v) is 18.4. The highest BCUT2D eigenvalue weighted by molar-refractivity contribution is 7.15. The summed E-state index contributed by atoms with van der Waals surface area (Å²) in [7, 11) is 0. The molecule has 0 saturated carbocycles. The number of anilines is 2. The molecule has 152 valence electrons. The van der Waals surface area contributed by atoms with E-state index in [1.807, 2.05) is 31.2 Å². The van der Waals surface area contributed by atoms with Crippen LogP contribution in [0.3, 0.4) is 0 Å². The summed E-state index contributed by atoms with van der Waals surface area (Å²) in [6.07, 6.45) is 0.825. The third-order valence-corrected chi connectivity index (χ3v) is 6.79. The van der Waals surface area contributed by atoms with Crippen molar-refractivity contribution in [1.82, 2.24) is 20.1 Å². The number of thiazole rings is 1. The van der Waals surface area contributed by atoms with E-state index in [-0.39, 0.29) is 5.91 Å².